The zero-order valence-electron chi connectivity index (χ0n) is 10.1. The molecule has 0 saturated carbocycles. The van der Waals surface area contributed by atoms with Crippen LogP contribution in [0.4, 0.5) is 0 Å². The topological polar surface area (TPSA) is 83.7 Å². The first kappa shape index (κ1) is 13.1. The van der Waals surface area contributed by atoms with Crippen LogP contribution in [-0.4, -0.2) is 42.9 Å². The van der Waals surface area contributed by atoms with Crippen molar-refractivity contribution >= 4 is 5.91 Å². The summed E-state index contributed by atoms with van der Waals surface area (Å²) in [6.45, 7) is 1.63. The number of furan rings is 1. The zero-order chi connectivity index (χ0) is 12.8. The van der Waals surface area contributed by atoms with Crippen LogP contribution in [0.25, 0.3) is 0 Å². The van der Waals surface area contributed by atoms with E-state index in [9.17, 15) is 9.90 Å². The van der Waals surface area contributed by atoms with Gasteiger partial charge in [-0.2, -0.15) is 0 Å². The molecule has 0 aliphatic carbocycles. The molecular weight excluding hydrogens is 236 g/mol. The Kier molecular flexibility index (Phi) is 4.74. The van der Waals surface area contributed by atoms with Crippen LogP contribution in [0.15, 0.2) is 22.8 Å². The van der Waals surface area contributed by atoms with Gasteiger partial charge in [-0.1, -0.05) is 0 Å². The second kappa shape index (κ2) is 6.53. The van der Waals surface area contributed by atoms with Crippen molar-refractivity contribution in [2.45, 2.75) is 25.2 Å². The Hall–Kier alpha value is -1.37. The fraction of sp³-hybridized carbons (Fsp3) is 0.583. The van der Waals surface area contributed by atoms with Crippen molar-refractivity contribution in [2.24, 2.45) is 0 Å². The first-order valence-corrected chi connectivity index (χ1v) is 6.02. The number of amides is 1. The number of ether oxygens (including phenoxy) is 1. The Balaban J connectivity index is 1.55. The molecule has 0 spiro atoms. The van der Waals surface area contributed by atoms with E-state index in [0.717, 1.165) is 5.76 Å². The Labute approximate surface area is 105 Å². The molecule has 0 aromatic carbocycles. The highest BCUT2D eigenvalue weighted by molar-refractivity contribution is 5.78. The standard InChI is InChI=1S/C12H18N2O4/c15-10(6-13-9-4-12(16)14-5-9)7-17-8-11-2-1-3-18-11/h1-3,9-10,13,15H,4-8H2,(H,14,16). The molecule has 100 valence electrons. The summed E-state index contributed by atoms with van der Waals surface area (Å²) in [6, 6.07) is 3.72. The van der Waals surface area contributed by atoms with Crippen molar-refractivity contribution in [3.05, 3.63) is 24.2 Å². The molecular formula is C12H18N2O4. The molecule has 2 unspecified atom stereocenters. The highest BCUT2D eigenvalue weighted by atomic mass is 16.5. The molecule has 1 aliphatic rings. The molecule has 18 heavy (non-hydrogen) atoms. The highest BCUT2D eigenvalue weighted by Crippen LogP contribution is 2.02. The van der Waals surface area contributed by atoms with Gasteiger partial charge in [-0.05, 0) is 12.1 Å². The molecule has 1 fully saturated rings. The third-order valence-corrected chi connectivity index (χ3v) is 2.75. The van der Waals surface area contributed by atoms with Gasteiger partial charge in [0.15, 0.2) is 0 Å². The summed E-state index contributed by atoms with van der Waals surface area (Å²) < 4.78 is 10.4. The van der Waals surface area contributed by atoms with Crippen LogP contribution < -0.4 is 10.6 Å². The van der Waals surface area contributed by atoms with Crippen LogP contribution in [0.3, 0.4) is 0 Å². The molecule has 2 rings (SSSR count). The lowest BCUT2D eigenvalue weighted by Crippen LogP contribution is -2.38. The molecule has 2 atom stereocenters. The summed E-state index contributed by atoms with van der Waals surface area (Å²) in [5.74, 6) is 0.789. The Morgan fingerprint density at radius 1 is 1.67 bits per heavy atom. The van der Waals surface area contributed by atoms with Crippen molar-refractivity contribution < 1.29 is 19.1 Å². The third kappa shape index (κ3) is 4.14. The van der Waals surface area contributed by atoms with Gasteiger partial charge in [0.25, 0.3) is 0 Å². The van der Waals surface area contributed by atoms with E-state index in [4.69, 9.17) is 9.15 Å². The molecule has 1 amide bonds. The highest BCUT2D eigenvalue weighted by Gasteiger charge is 2.21. The zero-order valence-corrected chi connectivity index (χ0v) is 10.1. The van der Waals surface area contributed by atoms with Gasteiger partial charge in [-0.15, -0.1) is 0 Å². The SMILES string of the molecule is O=C1CC(NCC(O)COCc2ccco2)CN1. The molecule has 1 saturated heterocycles. The maximum atomic E-state index is 11.0. The molecule has 2 heterocycles. The van der Waals surface area contributed by atoms with Gasteiger partial charge in [0, 0.05) is 25.6 Å². The van der Waals surface area contributed by atoms with Gasteiger partial charge >= 0.3 is 0 Å². The first-order chi connectivity index (χ1) is 8.74. The third-order valence-electron chi connectivity index (χ3n) is 2.75. The number of hydrogen-bond acceptors (Lipinski definition) is 5. The molecule has 0 bridgehead atoms. The van der Waals surface area contributed by atoms with Crippen LogP contribution in [0.1, 0.15) is 12.2 Å². The maximum Gasteiger partial charge on any atom is 0.221 e. The molecule has 1 aromatic rings. The van der Waals surface area contributed by atoms with Gasteiger partial charge < -0.3 is 24.9 Å². The van der Waals surface area contributed by atoms with Gasteiger partial charge in [0.2, 0.25) is 5.91 Å². The van der Waals surface area contributed by atoms with Crippen molar-refractivity contribution in [3.8, 4) is 0 Å². The van der Waals surface area contributed by atoms with E-state index in [2.05, 4.69) is 10.6 Å². The van der Waals surface area contributed by atoms with Gasteiger partial charge in [0.05, 0.1) is 19.0 Å². The van der Waals surface area contributed by atoms with Crippen molar-refractivity contribution in [1.82, 2.24) is 10.6 Å². The number of hydrogen-bond donors (Lipinski definition) is 3. The number of aliphatic hydroxyl groups is 1. The normalized spacial score (nSPS) is 20.9. The van der Waals surface area contributed by atoms with E-state index >= 15 is 0 Å². The summed E-state index contributed by atoms with van der Waals surface area (Å²) in [7, 11) is 0. The van der Waals surface area contributed by atoms with Gasteiger partial charge in [-0.3, -0.25) is 4.79 Å². The average molecular weight is 254 g/mol. The second-order valence-electron chi connectivity index (χ2n) is 4.36. The fourth-order valence-corrected chi connectivity index (χ4v) is 1.80. The summed E-state index contributed by atoms with van der Waals surface area (Å²) in [6.07, 6.45) is 1.47. The fourth-order valence-electron chi connectivity index (χ4n) is 1.80. The molecule has 1 aliphatic heterocycles. The van der Waals surface area contributed by atoms with E-state index in [1.54, 1.807) is 12.3 Å². The lowest BCUT2D eigenvalue weighted by atomic mass is 10.2. The van der Waals surface area contributed by atoms with Gasteiger partial charge in [-0.25, -0.2) is 0 Å². The number of rotatable bonds is 7. The number of carbonyl (C=O) groups is 1. The Morgan fingerprint density at radius 2 is 2.56 bits per heavy atom. The van der Waals surface area contributed by atoms with Crippen LogP contribution in [0, 0.1) is 0 Å². The van der Waals surface area contributed by atoms with Crippen LogP contribution >= 0.6 is 0 Å². The van der Waals surface area contributed by atoms with E-state index in [0.29, 0.717) is 26.1 Å². The molecule has 6 heteroatoms. The van der Waals surface area contributed by atoms with E-state index in [-0.39, 0.29) is 18.6 Å². The molecule has 1 aromatic heterocycles. The largest absolute Gasteiger partial charge is 0.467 e. The Bertz CT molecular complexity index is 366. The molecule has 0 radical (unpaired) electrons. The molecule has 6 nitrogen and oxygen atoms in total. The minimum Gasteiger partial charge on any atom is -0.467 e. The number of nitrogens with one attached hydrogen (secondary N) is 2. The first-order valence-electron chi connectivity index (χ1n) is 6.02. The minimum atomic E-state index is -0.587. The van der Waals surface area contributed by atoms with E-state index in [1.807, 2.05) is 6.07 Å². The maximum absolute atomic E-state index is 11.0. The lowest BCUT2D eigenvalue weighted by molar-refractivity contribution is -0.119. The van der Waals surface area contributed by atoms with E-state index < -0.39 is 6.10 Å². The number of carbonyl (C=O) groups excluding carboxylic acids is 1. The summed E-state index contributed by atoms with van der Waals surface area (Å²) in [4.78, 5) is 11.0. The summed E-state index contributed by atoms with van der Waals surface area (Å²) in [5, 5.41) is 15.5. The summed E-state index contributed by atoms with van der Waals surface area (Å²) in [5.41, 5.74) is 0. The summed E-state index contributed by atoms with van der Waals surface area (Å²) >= 11 is 0. The quantitative estimate of drug-likeness (QED) is 0.618. The van der Waals surface area contributed by atoms with Crippen molar-refractivity contribution in [2.75, 3.05) is 19.7 Å². The van der Waals surface area contributed by atoms with Crippen LogP contribution in [-0.2, 0) is 16.1 Å². The van der Waals surface area contributed by atoms with Gasteiger partial charge in [0.1, 0.15) is 12.4 Å². The van der Waals surface area contributed by atoms with Crippen molar-refractivity contribution in [3.63, 3.8) is 0 Å². The predicted octanol–water partition coefficient (Wildman–Crippen LogP) is -0.365. The second-order valence-corrected chi connectivity index (χ2v) is 4.36. The van der Waals surface area contributed by atoms with Crippen LogP contribution in [0.2, 0.25) is 0 Å². The van der Waals surface area contributed by atoms with Crippen LogP contribution in [0.5, 0.6) is 0 Å². The predicted molar refractivity (Wildman–Crippen MR) is 63.8 cm³/mol. The number of aliphatic hydroxyl groups excluding tert-OH is 1. The van der Waals surface area contributed by atoms with Crippen molar-refractivity contribution in [1.29, 1.82) is 0 Å². The molecule has 3 N–H and O–H groups in total. The Morgan fingerprint density at radius 3 is 3.22 bits per heavy atom. The lowest BCUT2D eigenvalue weighted by Gasteiger charge is -2.15. The smallest absolute Gasteiger partial charge is 0.221 e. The monoisotopic (exact) mass is 254 g/mol. The van der Waals surface area contributed by atoms with E-state index in [1.165, 1.54) is 0 Å². The minimum absolute atomic E-state index is 0.0519. The average Bonchev–Trinajstić information content (AvgIpc) is 2.98.